The molecule has 2 unspecified atom stereocenters. The van der Waals surface area contributed by atoms with Crippen molar-refractivity contribution in [1.29, 1.82) is 0 Å². The maximum atomic E-state index is 10.8. The van der Waals surface area contributed by atoms with Crippen LogP contribution < -0.4 is 0 Å². The highest BCUT2D eigenvalue weighted by Crippen LogP contribution is 2.31. The third-order valence-electron chi connectivity index (χ3n) is 4.06. The van der Waals surface area contributed by atoms with Crippen molar-refractivity contribution in [3.8, 4) is 0 Å². The normalized spacial score (nSPS) is 34.5. The standard InChI is InChI=1S/C12H21NO2/c1-9-2-3-11(8-9)13-6-4-10(5-7-13)12(14)15/h9-11H,2-8H2,1H3,(H,14,15). The molecule has 2 atom stereocenters. The second kappa shape index (κ2) is 4.52. The smallest absolute Gasteiger partial charge is 0.306 e. The first-order valence-electron chi connectivity index (χ1n) is 6.13. The number of carboxylic acids is 1. The number of likely N-dealkylation sites (tertiary alicyclic amines) is 1. The van der Waals surface area contributed by atoms with Gasteiger partial charge in [0.2, 0.25) is 0 Å². The van der Waals surface area contributed by atoms with Gasteiger partial charge in [-0.05, 0) is 51.1 Å². The lowest BCUT2D eigenvalue weighted by Crippen LogP contribution is -2.41. The Hall–Kier alpha value is -0.570. The molecule has 0 aromatic carbocycles. The van der Waals surface area contributed by atoms with Crippen molar-refractivity contribution in [2.45, 2.75) is 45.1 Å². The Balaban J connectivity index is 1.80. The maximum absolute atomic E-state index is 10.8. The van der Waals surface area contributed by atoms with Crippen LogP contribution in [0.15, 0.2) is 0 Å². The van der Waals surface area contributed by atoms with E-state index in [1.54, 1.807) is 0 Å². The zero-order chi connectivity index (χ0) is 10.8. The maximum Gasteiger partial charge on any atom is 0.306 e. The van der Waals surface area contributed by atoms with Crippen LogP contribution >= 0.6 is 0 Å². The van der Waals surface area contributed by atoms with Crippen LogP contribution in [-0.2, 0) is 4.79 Å². The van der Waals surface area contributed by atoms with Gasteiger partial charge in [-0.1, -0.05) is 6.92 Å². The number of carboxylic acid groups (broad SMARTS) is 1. The molecule has 0 spiro atoms. The molecule has 0 amide bonds. The van der Waals surface area contributed by atoms with Gasteiger partial charge in [-0.2, -0.15) is 0 Å². The zero-order valence-electron chi connectivity index (χ0n) is 9.48. The minimum Gasteiger partial charge on any atom is -0.481 e. The third kappa shape index (κ3) is 2.51. The number of carbonyl (C=O) groups is 1. The van der Waals surface area contributed by atoms with Gasteiger partial charge in [0.1, 0.15) is 0 Å². The Labute approximate surface area is 91.5 Å². The molecule has 2 aliphatic rings. The van der Waals surface area contributed by atoms with Gasteiger partial charge in [0, 0.05) is 6.04 Å². The van der Waals surface area contributed by atoms with Crippen molar-refractivity contribution >= 4 is 5.97 Å². The van der Waals surface area contributed by atoms with Crippen LogP contribution in [0, 0.1) is 11.8 Å². The number of hydrogen-bond acceptors (Lipinski definition) is 2. The summed E-state index contributed by atoms with van der Waals surface area (Å²) in [5.74, 6) is 0.182. The Morgan fingerprint density at radius 2 is 1.87 bits per heavy atom. The molecule has 2 fully saturated rings. The minimum absolute atomic E-state index is 0.0833. The molecule has 0 aromatic rings. The quantitative estimate of drug-likeness (QED) is 0.759. The number of nitrogens with zero attached hydrogens (tertiary/aromatic N) is 1. The van der Waals surface area contributed by atoms with E-state index in [2.05, 4.69) is 11.8 Å². The van der Waals surface area contributed by atoms with Crippen LogP contribution in [0.25, 0.3) is 0 Å². The minimum atomic E-state index is -0.602. The monoisotopic (exact) mass is 211 g/mol. The van der Waals surface area contributed by atoms with Gasteiger partial charge in [-0.15, -0.1) is 0 Å². The Morgan fingerprint density at radius 1 is 1.20 bits per heavy atom. The molecule has 0 bridgehead atoms. The van der Waals surface area contributed by atoms with Crippen molar-refractivity contribution in [3.63, 3.8) is 0 Å². The van der Waals surface area contributed by atoms with Crippen molar-refractivity contribution < 1.29 is 9.90 Å². The van der Waals surface area contributed by atoms with Crippen LogP contribution in [0.1, 0.15) is 39.0 Å². The van der Waals surface area contributed by atoms with Gasteiger partial charge in [0.15, 0.2) is 0 Å². The largest absolute Gasteiger partial charge is 0.481 e. The number of hydrogen-bond donors (Lipinski definition) is 1. The third-order valence-corrected chi connectivity index (χ3v) is 4.06. The van der Waals surface area contributed by atoms with Crippen molar-refractivity contribution in [2.24, 2.45) is 11.8 Å². The van der Waals surface area contributed by atoms with E-state index in [9.17, 15) is 4.79 Å². The molecule has 1 heterocycles. The molecule has 3 heteroatoms. The summed E-state index contributed by atoms with van der Waals surface area (Å²) in [6, 6.07) is 0.745. The summed E-state index contributed by atoms with van der Waals surface area (Å²) in [5, 5.41) is 8.91. The van der Waals surface area contributed by atoms with Crippen LogP contribution in [0.5, 0.6) is 0 Å². The van der Waals surface area contributed by atoms with Gasteiger partial charge >= 0.3 is 5.97 Å². The van der Waals surface area contributed by atoms with E-state index in [0.717, 1.165) is 37.9 Å². The SMILES string of the molecule is CC1CCC(N2CCC(C(=O)O)CC2)C1. The Morgan fingerprint density at radius 3 is 2.33 bits per heavy atom. The highest BCUT2D eigenvalue weighted by molar-refractivity contribution is 5.70. The van der Waals surface area contributed by atoms with Gasteiger partial charge < -0.3 is 10.0 Å². The first kappa shape index (κ1) is 10.9. The molecule has 0 radical (unpaired) electrons. The fourth-order valence-corrected chi connectivity index (χ4v) is 3.02. The van der Waals surface area contributed by atoms with Crippen LogP contribution in [-0.4, -0.2) is 35.1 Å². The molecular formula is C12H21NO2. The highest BCUT2D eigenvalue weighted by atomic mass is 16.4. The summed E-state index contributed by atoms with van der Waals surface area (Å²) in [5.41, 5.74) is 0. The van der Waals surface area contributed by atoms with Crippen molar-refractivity contribution in [3.05, 3.63) is 0 Å². The topological polar surface area (TPSA) is 40.5 Å². The first-order chi connectivity index (χ1) is 7.16. The fraction of sp³-hybridized carbons (Fsp3) is 0.917. The molecule has 1 aliphatic carbocycles. The molecule has 1 N–H and O–H groups in total. The molecular weight excluding hydrogens is 190 g/mol. The predicted molar refractivity (Wildman–Crippen MR) is 58.7 cm³/mol. The van der Waals surface area contributed by atoms with E-state index in [-0.39, 0.29) is 5.92 Å². The van der Waals surface area contributed by atoms with E-state index in [4.69, 9.17) is 5.11 Å². The Kier molecular flexibility index (Phi) is 3.29. The summed E-state index contributed by atoms with van der Waals surface area (Å²) in [4.78, 5) is 13.3. The second-order valence-electron chi connectivity index (χ2n) is 5.22. The molecule has 2 rings (SSSR count). The van der Waals surface area contributed by atoms with Crippen LogP contribution in [0.2, 0.25) is 0 Å². The first-order valence-corrected chi connectivity index (χ1v) is 6.13. The van der Waals surface area contributed by atoms with E-state index in [1.165, 1.54) is 19.3 Å². The summed E-state index contributed by atoms with van der Waals surface area (Å²) in [7, 11) is 0. The predicted octanol–water partition coefficient (Wildman–Crippen LogP) is 1.97. The average molecular weight is 211 g/mol. The summed E-state index contributed by atoms with van der Waals surface area (Å²) < 4.78 is 0. The number of rotatable bonds is 2. The summed E-state index contributed by atoms with van der Waals surface area (Å²) in [6.07, 6.45) is 5.68. The molecule has 1 saturated carbocycles. The van der Waals surface area contributed by atoms with E-state index in [1.807, 2.05) is 0 Å². The molecule has 3 nitrogen and oxygen atoms in total. The molecule has 15 heavy (non-hydrogen) atoms. The van der Waals surface area contributed by atoms with E-state index < -0.39 is 5.97 Å². The lowest BCUT2D eigenvalue weighted by molar-refractivity contribution is -0.143. The fourth-order valence-electron chi connectivity index (χ4n) is 3.02. The van der Waals surface area contributed by atoms with Gasteiger partial charge in [0.25, 0.3) is 0 Å². The van der Waals surface area contributed by atoms with Crippen LogP contribution in [0.4, 0.5) is 0 Å². The number of piperidine rings is 1. The average Bonchev–Trinajstić information content (AvgIpc) is 2.65. The number of aliphatic carboxylic acids is 1. The Bertz CT molecular complexity index is 234. The molecule has 86 valence electrons. The van der Waals surface area contributed by atoms with Crippen molar-refractivity contribution in [1.82, 2.24) is 4.90 Å². The summed E-state index contributed by atoms with van der Waals surface area (Å²) >= 11 is 0. The van der Waals surface area contributed by atoms with Gasteiger partial charge in [-0.3, -0.25) is 4.79 Å². The lowest BCUT2D eigenvalue weighted by Gasteiger charge is -2.34. The molecule has 1 saturated heterocycles. The molecule has 0 aromatic heterocycles. The molecule has 1 aliphatic heterocycles. The second-order valence-corrected chi connectivity index (χ2v) is 5.22. The van der Waals surface area contributed by atoms with Crippen molar-refractivity contribution in [2.75, 3.05) is 13.1 Å². The highest BCUT2D eigenvalue weighted by Gasteiger charge is 2.31. The zero-order valence-corrected chi connectivity index (χ0v) is 9.48. The van der Waals surface area contributed by atoms with Gasteiger partial charge in [-0.25, -0.2) is 0 Å². The van der Waals surface area contributed by atoms with E-state index in [0.29, 0.717) is 0 Å². The van der Waals surface area contributed by atoms with Crippen LogP contribution in [0.3, 0.4) is 0 Å². The lowest BCUT2D eigenvalue weighted by atomic mass is 9.95. The summed E-state index contributed by atoms with van der Waals surface area (Å²) in [6.45, 7) is 4.31. The van der Waals surface area contributed by atoms with Gasteiger partial charge in [0.05, 0.1) is 5.92 Å². The van der Waals surface area contributed by atoms with E-state index >= 15 is 0 Å².